The largest absolute Gasteiger partial charge is 0.398 e. The standard InChI is InChI=1S/C13H13N5S/c1-7-3-2-4-9(14)10(7)12-17-18-11(8-5-6-8)15-16-13(18)19-12/h2-4,8H,5-6,14H2,1H3. The molecule has 0 saturated heterocycles. The first-order valence-corrected chi connectivity index (χ1v) is 7.13. The summed E-state index contributed by atoms with van der Waals surface area (Å²) in [5, 5.41) is 14.0. The van der Waals surface area contributed by atoms with E-state index in [-0.39, 0.29) is 0 Å². The lowest BCUT2D eigenvalue weighted by atomic mass is 10.1. The fraction of sp³-hybridized carbons (Fsp3) is 0.308. The summed E-state index contributed by atoms with van der Waals surface area (Å²) in [7, 11) is 0. The minimum absolute atomic E-state index is 0.541. The number of aryl methyl sites for hydroxylation is 1. The molecule has 0 bridgehead atoms. The van der Waals surface area contributed by atoms with E-state index in [4.69, 9.17) is 5.73 Å². The van der Waals surface area contributed by atoms with Crippen LogP contribution in [0.15, 0.2) is 18.2 Å². The summed E-state index contributed by atoms with van der Waals surface area (Å²) in [6.45, 7) is 2.05. The molecule has 0 spiro atoms. The molecule has 19 heavy (non-hydrogen) atoms. The predicted molar refractivity (Wildman–Crippen MR) is 75.2 cm³/mol. The average Bonchev–Trinajstić information content (AvgIpc) is 3.00. The number of benzene rings is 1. The maximum atomic E-state index is 6.08. The van der Waals surface area contributed by atoms with Crippen LogP contribution in [0.2, 0.25) is 0 Å². The van der Waals surface area contributed by atoms with Crippen molar-refractivity contribution in [3.8, 4) is 10.6 Å². The van der Waals surface area contributed by atoms with Crippen molar-refractivity contribution in [3.05, 3.63) is 29.6 Å². The first-order valence-electron chi connectivity index (χ1n) is 6.31. The van der Waals surface area contributed by atoms with Gasteiger partial charge in [0.1, 0.15) is 5.01 Å². The molecule has 0 aliphatic heterocycles. The zero-order chi connectivity index (χ0) is 13.0. The molecule has 0 atom stereocenters. The van der Waals surface area contributed by atoms with E-state index in [1.807, 2.05) is 16.6 Å². The molecule has 6 heteroatoms. The Bertz CT molecular complexity index is 748. The molecule has 0 unspecified atom stereocenters. The molecule has 1 saturated carbocycles. The molecular weight excluding hydrogens is 258 g/mol. The molecular formula is C13H13N5S. The molecule has 5 nitrogen and oxygen atoms in total. The first kappa shape index (κ1) is 10.9. The maximum Gasteiger partial charge on any atom is 0.234 e. The van der Waals surface area contributed by atoms with E-state index in [0.29, 0.717) is 5.92 Å². The lowest BCUT2D eigenvalue weighted by molar-refractivity contribution is 0.828. The van der Waals surface area contributed by atoms with Crippen LogP contribution in [0.1, 0.15) is 30.1 Å². The van der Waals surface area contributed by atoms with Gasteiger partial charge in [-0.05, 0) is 31.4 Å². The summed E-state index contributed by atoms with van der Waals surface area (Å²) in [6.07, 6.45) is 2.39. The topological polar surface area (TPSA) is 69.1 Å². The van der Waals surface area contributed by atoms with Crippen LogP contribution in [0.25, 0.3) is 15.5 Å². The van der Waals surface area contributed by atoms with Gasteiger partial charge in [-0.3, -0.25) is 0 Å². The van der Waals surface area contributed by atoms with E-state index < -0.39 is 0 Å². The van der Waals surface area contributed by atoms with Gasteiger partial charge in [0, 0.05) is 17.2 Å². The number of fused-ring (bicyclic) bond motifs is 1. The lowest BCUT2D eigenvalue weighted by Crippen LogP contribution is -1.96. The predicted octanol–water partition coefficient (Wildman–Crippen LogP) is 2.62. The molecule has 0 amide bonds. The second-order valence-electron chi connectivity index (χ2n) is 4.97. The third-order valence-corrected chi connectivity index (χ3v) is 4.39. The van der Waals surface area contributed by atoms with E-state index in [0.717, 1.165) is 32.6 Å². The van der Waals surface area contributed by atoms with Crippen LogP contribution in [-0.2, 0) is 0 Å². The molecule has 1 aliphatic carbocycles. The number of hydrogen-bond acceptors (Lipinski definition) is 5. The van der Waals surface area contributed by atoms with Crippen molar-refractivity contribution in [2.24, 2.45) is 0 Å². The Morgan fingerprint density at radius 1 is 1.32 bits per heavy atom. The van der Waals surface area contributed by atoms with E-state index in [2.05, 4.69) is 28.3 Å². The average molecular weight is 271 g/mol. The molecule has 0 radical (unpaired) electrons. The van der Waals surface area contributed by atoms with E-state index in [1.54, 1.807) is 11.3 Å². The summed E-state index contributed by atoms with van der Waals surface area (Å²) in [5.74, 6) is 1.53. The normalized spacial score (nSPS) is 15.2. The smallest absolute Gasteiger partial charge is 0.234 e. The third kappa shape index (κ3) is 1.63. The molecule has 2 heterocycles. The van der Waals surface area contributed by atoms with Gasteiger partial charge in [0.25, 0.3) is 0 Å². The Kier molecular flexibility index (Phi) is 2.17. The van der Waals surface area contributed by atoms with Crippen LogP contribution in [0.5, 0.6) is 0 Å². The summed E-state index contributed by atoms with van der Waals surface area (Å²) in [5.41, 5.74) is 8.99. The first-order chi connectivity index (χ1) is 9.24. The van der Waals surface area contributed by atoms with Crippen molar-refractivity contribution in [3.63, 3.8) is 0 Å². The van der Waals surface area contributed by atoms with Gasteiger partial charge >= 0.3 is 0 Å². The van der Waals surface area contributed by atoms with Crippen LogP contribution < -0.4 is 5.73 Å². The highest BCUT2D eigenvalue weighted by molar-refractivity contribution is 7.19. The quantitative estimate of drug-likeness (QED) is 0.727. The summed E-state index contributed by atoms with van der Waals surface area (Å²) in [6, 6.07) is 5.92. The summed E-state index contributed by atoms with van der Waals surface area (Å²) >= 11 is 1.54. The van der Waals surface area contributed by atoms with E-state index in [1.165, 1.54) is 12.8 Å². The van der Waals surface area contributed by atoms with Crippen molar-refractivity contribution < 1.29 is 0 Å². The van der Waals surface area contributed by atoms with Crippen LogP contribution >= 0.6 is 11.3 Å². The molecule has 2 N–H and O–H groups in total. The molecule has 3 aromatic rings. The van der Waals surface area contributed by atoms with Gasteiger partial charge in [0.2, 0.25) is 4.96 Å². The maximum absolute atomic E-state index is 6.08. The van der Waals surface area contributed by atoms with Crippen molar-refractivity contribution >= 4 is 22.0 Å². The minimum Gasteiger partial charge on any atom is -0.398 e. The summed E-state index contributed by atoms with van der Waals surface area (Å²) < 4.78 is 1.88. The monoisotopic (exact) mass is 271 g/mol. The van der Waals surface area contributed by atoms with Gasteiger partial charge in [-0.15, -0.1) is 10.2 Å². The van der Waals surface area contributed by atoms with Gasteiger partial charge in [-0.25, -0.2) is 0 Å². The van der Waals surface area contributed by atoms with Gasteiger partial charge in [-0.1, -0.05) is 23.5 Å². The van der Waals surface area contributed by atoms with Crippen molar-refractivity contribution in [2.45, 2.75) is 25.7 Å². The minimum atomic E-state index is 0.541. The Labute approximate surface area is 114 Å². The van der Waals surface area contributed by atoms with E-state index >= 15 is 0 Å². The second kappa shape index (κ2) is 3.77. The Morgan fingerprint density at radius 2 is 2.16 bits per heavy atom. The highest BCUT2D eigenvalue weighted by Crippen LogP contribution is 2.40. The van der Waals surface area contributed by atoms with Gasteiger partial charge in [0.05, 0.1) is 0 Å². The van der Waals surface area contributed by atoms with Gasteiger partial charge in [0.15, 0.2) is 5.82 Å². The lowest BCUT2D eigenvalue weighted by Gasteiger charge is -2.04. The SMILES string of the molecule is Cc1cccc(N)c1-c1nn2c(C3CC3)nnc2s1. The van der Waals surface area contributed by atoms with Gasteiger partial charge in [-0.2, -0.15) is 9.61 Å². The fourth-order valence-corrected chi connectivity index (χ4v) is 3.29. The van der Waals surface area contributed by atoms with Crippen molar-refractivity contribution in [2.75, 3.05) is 5.73 Å². The number of nitrogen functional groups attached to an aromatic ring is 1. The van der Waals surface area contributed by atoms with E-state index in [9.17, 15) is 0 Å². The number of hydrogen-bond donors (Lipinski definition) is 1. The number of rotatable bonds is 2. The van der Waals surface area contributed by atoms with Crippen LogP contribution in [0, 0.1) is 6.92 Å². The Morgan fingerprint density at radius 3 is 2.89 bits per heavy atom. The highest BCUT2D eigenvalue weighted by atomic mass is 32.1. The number of aromatic nitrogens is 4. The molecule has 4 rings (SSSR count). The molecule has 96 valence electrons. The molecule has 1 fully saturated rings. The molecule has 1 aromatic carbocycles. The van der Waals surface area contributed by atoms with Crippen LogP contribution in [-0.4, -0.2) is 19.8 Å². The van der Waals surface area contributed by atoms with Gasteiger partial charge < -0.3 is 5.73 Å². The fourth-order valence-electron chi connectivity index (χ4n) is 2.31. The Balaban J connectivity index is 1.91. The zero-order valence-electron chi connectivity index (χ0n) is 10.5. The number of nitrogens with zero attached hydrogens (tertiary/aromatic N) is 4. The Hall–Kier alpha value is -1.95. The molecule has 1 aliphatic rings. The second-order valence-corrected chi connectivity index (χ2v) is 5.93. The zero-order valence-corrected chi connectivity index (χ0v) is 11.3. The number of nitrogens with two attached hydrogens (primary N) is 1. The number of anilines is 1. The van der Waals surface area contributed by atoms with Crippen LogP contribution in [0.3, 0.4) is 0 Å². The highest BCUT2D eigenvalue weighted by Gasteiger charge is 2.30. The van der Waals surface area contributed by atoms with Crippen molar-refractivity contribution in [1.82, 2.24) is 19.8 Å². The van der Waals surface area contributed by atoms with Crippen LogP contribution in [0.4, 0.5) is 5.69 Å². The summed E-state index contributed by atoms with van der Waals surface area (Å²) in [4.78, 5) is 0.847. The van der Waals surface area contributed by atoms with Crippen molar-refractivity contribution in [1.29, 1.82) is 0 Å². The third-order valence-electron chi connectivity index (χ3n) is 3.48. The molecule has 2 aromatic heterocycles.